The number of nitrogens with one attached hydrogen (secondary N) is 2. The lowest BCUT2D eigenvalue weighted by atomic mass is 10.1. The minimum atomic E-state index is -1.14. The maximum absolute atomic E-state index is 12.4. The van der Waals surface area contributed by atoms with Gasteiger partial charge in [-0.15, -0.1) is 0 Å². The van der Waals surface area contributed by atoms with Gasteiger partial charge in [-0.3, -0.25) is 19.2 Å². The van der Waals surface area contributed by atoms with Crippen LogP contribution in [0.1, 0.15) is 28.8 Å². The van der Waals surface area contributed by atoms with Crippen molar-refractivity contribution >= 4 is 39.4 Å². The Kier molecular flexibility index (Phi) is 7.46. The molecule has 1 aliphatic rings. The fraction of sp³-hybridized carbons (Fsp3) is 0.444. The van der Waals surface area contributed by atoms with Crippen LogP contribution in [0.25, 0.3) is 0 Å². The predicted octanol–water partition coefficient (Wildman–Crippen LogP) is 1.13. The van der Waals surface area contributed by atoms with Crippen molar-refractivity contribution in [2.45, 2.75) is 25.8 Å². The van der Waals surface area contributed by atoms with Gasteiger partial charge in [-0.2, -0.15) is 0 Å². The third-order valence-corrected chi connectivity index (χ3v) is 4.81. The quantitative estimate of drug-likeness (QED) is 0.662. The smallest absolute Gasteiger partial charge is 0.251 e. The number of aryl methyl sites for hydroxylation is 1. The number of carbonyl (C=O) groups is 4. The molecule has 1 heterocycles. The van der Waals surface area contributed by atoms with Crippen molar-refractivity contribution in [2.75, 3.05) is 26.3 Å². The number of benzene rings is 1. The van der Waals surface area contributed by atoms with E-state index in [1.54, 1.807) is 25.1 Å². The lowest BCUT2D eigenvalue weighted by Gasteiger charge is -2.24. The van der Waals surface area contributed by atoms with E-state index in [4.69, 9.17) is 0 Å². The molecule has 9 heteroatoms. The van der Waals surface area contributed by atoms with Crippen molar-refractivity contribution in [3.8, 4) is 0 Å². The Hall–Kier alpha value is -2.29. The van der Waals surface area contributed by atoms with E-state index in [-0.39, 0.29) is 18.4 Å². The Morgan fingerprint density at radius 2 is 1.96 bits per heavy atom. The van der Waals surface area contributed by atoms with E-state index >= 15 is 0 Å². The second kappa shape index (κ2) is 9.59. The molecule has 0 aliphatic carbocycles. The SMILES string of the molecule is Cc1cc(Br)ccc1C(=O)NCC(=O)N1CCCC1C(=O)NCC(=O)CF. The summed E-state index contributed by atoms with van der Waals surface area (Å²) in [7, 11) is 0. The summed E-state index contributed by atoms with van der Waals surface area (Å²) in [5.41, 5.74) is 1.23. The lowest BCUT2D eigenvalue weighted by molar-refractivity contribution is -0.138. The van der Waals surface area contributed by atoms with Crippen LogP contribution in [0.4, 0.5) is 4.39 Å². The number of alkyl halides is 1. The predicted molar refractivity (Wildman–Crippen MR) is 99.9 cm³/mol. The van der Waals surface area contributed by atoms with Crippen molar-refractivity contribution in [3.05, 3.63) is 33.8 Å². The number of nitrogens with zero attached hydrogens (tertiary/aromatic N) is 1. The molecule has 146 valence electrons. The largest absolute Gasteiger partial charge is 0.347 e. The molecule has 0 bridgehead atoms. The van der Waals surface area contributed by atoms with Crippen molar-refractivity contribution < 1.29 is 23.6 Å². The summed E-state index contributed by atoms with van der Waals surface area (Å²) in [4.78, 5) is 49.2. The molecule has 1 aromatic rings. The van der Waals surface area contributed by atoms with Gasteiger partial charge in [-0.1, -0.05) is 15.9 Å². The highest BCUT2D eigenvalue weighted by Crippen LogP contribution is 2.18. The first-order valence-corrected chi connectivity index (χ1v) is 9.32. The van der Waals surface area contributed by atoms with Crippen LogP contribution in [-0.2, 0) is 14.4 Å². The molecule has 1 atom stereocenters. The third kappa shape index (κ3) is 5.59. The number of halogens is 2. The molecule has 0 radical (unpaired) electrons. The third-order valence-electron chi connectivity index (χ3n) is 4.32. The molecule has 0 aromatic heterocycles. The molecule has 2 N–H and O–H groups in total. The van der Waals surface area contributed by atoms with Gasteiger partial charge in [0.15, 0.2) is 5.78 Å². The number of hydrogen-bond acceptors (Lipinski definition) is 4. The van der Waals surface area contributed by atoms with E-state index < -0.39 is 31.0 Å². The molecule has 1 fully saturated rings. The van der Waals surface area contributed by atoms with Crippen LogP contribution in [0, 0.1) is 6.92 Å². The van der Waals surface area contributed by atoms with Gasteiger partial charge in [0.25, 0.3) is 5.91 Å². The molecule has 1 aromatic carbocycles. The lowest BCUT2D eigenvalue weighted by Crippen LogP contribution is -2.49. The molecular formula is C18H21BrFN3O4. The summed E-state index contributed by atoms with van der Waals surface area (Å²) >= 11 is 3.33. The number of ketones is 1. The van der Waals surface area contributed by atoms with Crippen molar-refractivity contribution in [1.29, 1.82) is 0 Å². The van der Waals surface area contributed by atoms with Gasteiger partial charge < -0.3 is 15.5 Å². The minimum Gasteiger partial charge on any atom is -0.347 e. The Bertz CT molecular complexity index is 756. The number of carbonyl (C=O) groups excluding carboxylic acids is 4. The van der Waals surface area contributed by atoms with Crippen molar-refractivity contribution in [2.24, 2.45) is 0 Å². The van der Waals surface area contributed by atoms with Gasteiger partial charge in [0.05, 0.1) is 13.1 Å². The zero-order valence-electron chi connectivity index (χ0n) is 14.9. The molecule has 27 heavy (non-hydrogen) atoms. The Morgan fingerprint density at radius 3 is 2.63 bits per heavy atom. The van der Waals surface area contributed by atoms with Crippen LogP contribution in [-0.4, -0.2) is 60.8 Å². The fourth-order valence-electron chi connectivity index (χ4n) is 2.92. The molecule has 1 aliphatic heterocycles. The standard InChI is InChI=1S/C18H21BrFN3O4/c1-11-7-12(19)4-5-14(11)17(26)22-10-16(25)23-6-2-3-15(23)18(27)21-9-13(24)8-20/h4-5,7,15H,2-3,6,8-10H2,1H3,(H,21,27)(H,22,26). The maximum atomic E-state index is 12.4. The molecule has 1 unspecified atom stereocenters. The summed E-state index contributed by atoms with van der Waals surface area (Å²) in [5.74, 6) is -1.97. The van der Waals surface area contributed by atoms with Crippen molar-refractivity contribution in [3.63, 3.8) is 0 Å². The molecule has 1 saturated heterocycles. The first kappa shape index (κ1) is 21.0. The summed E-state index contributed by atoms with van der Waals surface area (Å²) < 4.78 is 13.0. The van der Waals surface area contributed by atoms with E-state index in [0.29, 0.717) is 24.9 Å². The fourth-order valence-corrected chi connectivity index (χ4v) is 3.40. The summed E-state index contributed by atoms with van der Waals surface area (Å²) in [6.07, 6.45) is 1.10. The van der Waals surface area contributed by atoms with Crippen LogP contribution in [0.3, 0.4) is 0 Å². The summed E-state index contributed by atoms with van der Waals surface area (Å²) in [6, 6.07) is 4.49. The monoisotopic (exact) mass is 441 g/mol. The van der Waals surface area contributed by atoms with Crippen LogP contribution in [0.2, 0.25) is 0 Å². The average Bonchev–Trinajstić information content (AvgIpc) is 3.13. The molecule has 3 amide bonds. The average molecular weight is 442 g/mol. The Balaban J connectivity index is 1.91. The molecule has 0 spiro atoms. The summed E-state index contributed by atoms with van der Waals surface area (Å²) in [5, 5.41) is 4.92. The highest BCUT2D eigenvalue weighted by atomic mass is 79.9. The zero-order chi connectivity index (χ0) is 20.0. The van der Waals surface area contributed by atoms with E-state index in [1.807, 2.05) is 0 Å². The number of hydrogen-bond donors (Lipinski definition) is 2. The van der Waals surface area contributed by atoms with Crippen LogP contribution >= 0.6 is 15.9 Å². The molecular weight excluding hydrogens is 421 g/mol. The van der Waals surface area contributed by atoms with Crippen LogP contribution in [0.5, 0.6) is 0 Å². The van der Waals surface area contributed by atoms with Gasteiger partial charge >= 0.3 is 0 Å². The first-order valence-electron chi connectivity index (χ1n) is 8.52. The second-order valence-electron chi connectivity index (χ2n) is 6.28. The topological polar surface area (TPSA) is 95.6 Å². The number of amides is 3. The zero-order valence-corrected chi connectivity index (χ0v) is 16.5. The van der Waals surface area contributed by atoms with Gasteiger partial charge in [0.2, 0.25) is 11.8 Å². The molecule has 7 nitrogen and oxygen atoms in total. The maximum Gasteiger partial charge on any atom is 0.251 e. The number of likely N-dealkylation sites (tertiary alicyclic amines) is 1. The van der Waals surface area contributed by atoms with Crippen LogP contribution < -0.4 is 10.6 Å². The number of rotatable bonds is 7. The summed E-state index contributed by atoms with van der Waals surface area (Å²) in [6.45, 7) is 0.409. The van der Waals surface area contributed by atoms with E-state index in [2.05, 4.69) is 26.6 Å². The second-order valence-corrected chi connectivity index (χ2v) is 7.19. The number of Topliss-reactive ketones (excluding diaryl/α,β-unsaturated/α-hetero) is 1. The van der Waals surface area contributed by atoms with Gasteiger partial charge in [-0.05, 0) is 43.5 Å². The van der Waals surface area contributed by atoms with Crippen LogP contribution in [0.15, 0.2) is 22.7 Å². The minimum absolute atomic E-state index is 0.235. The van der Waals surface area contributed by atoms with Gasteiger partial charge in [0.1, 0.15) is 12.7 Å². The highest BCUT2D eigenvalue weighted by molar-refractivity contribution is 9.10. The van der Waals surface area contributed by atoms with Crippen molar-refractivity contribution in [1.82, 2.24) is 15.5 Å². The van der Waals surface area contributed by atoms with E-state index in [0.717, 1.165) is 10.0 Å². The van der Waals surface area contributed by atoms with Gasteiger partial charge in [-0.25, -0.2) is 4.39 Å². The Labute approximate surface area is 164 Å². The molecule has 0 saturated carbocycles. The molecule has 2 rings (SSSR count). The van der Waals surface area contributed by atoms with E-state index in [9.17, 15) is 23.6 Å². The highest BCUT2D eigenvalue weighted by Gasteiger charge is 2.34. The van der Waals surface area contributed by atoms with E-state index in [1.165, 1.54) is 4.90 Å². The van der Waals surface area contributed by atoms with Gasteiger partial charge in [0, 0.05) is 16.6 Å². The Morgan fingerprint density at radius 1 is 1.22 bits per heavy atom. The normalized spacial score (nSPS) is 16.1. The first-order chi connectivity index (χ1) is 12.8.